The second kappa shape index (κ2) is 8.44. The fourth-order valence-electron chi connectivity index (χ4n) is 2.40. The normalized spacial score (nSPS) is 11.1. The Hall–Kier alpha value is -3.66. The van der Waals surface area contributed by atoms with Crippen molar-refractivity contribution in [1.82, 2.24) is 5.32 Å². The zero-order valence-electron chi connectivity index (χ0n) is 14.2. The highest BCUT2D eigenvalue weighted by Gasteiger charge is 2.20. The number of hydrogen-bond acceptors (Lipinski definition) is 4. The summed E-state index contributed by atoms with van der Waals surface area (Å²) in [5.74, 6) is -1.38. The van der Waals surface area contributed by atoms with Crippen LogP contribution in [0, 0.1) is 11.3 Å². The molecule has 132 valence electrons. The van der Waals surface area contributed by atoms with E-state index in [1.807, 2.05) is 6.07 Å². The van der Waals surface area contributed by atoms with Crippen molar-refractivity contribution in [2.24, 2.45) is 5.73 Å². The first-order valence-electron chi connectivity index (χ1n) is 7.86. The summed E-state index contributed by atoms with van der Waals surface area (Å²) >= 11 is 0. The van der Waals surface area contributed by atoms with Gasteiger partial charge in [-0.25, -0.2) is 0 Å². The van der Waals surface area contributed by atoms with Crippen LogP contribution in [-0.2, 0) is 16.0 Å². The summed E-state index contributed by atoms with van der Waals surface area (Å²) in [6.45, 7) is 1.39. The average molecular weight is 350 g/mol. The van der Waals surface area contributed by atoms with Gasteiger partial charge in [0.1, 0.15) is 6.04 Å². The summed E-state index contributed by atoms with van der Waals surface area (Å²) in [5.41, 5.74) is 7.32. The van der Waals surface area contributed by atoms with E-state index >= 15 is 0 Å². The van der Waals surface area contributed by atoms with Crippen LogP contribution in [0.25, 0.3) is 0 Å². The molecule has 0 aromatic heterocycles. The second-order valence-electron chi connectivity index (χ2n) is 5.66. The van der Waals surface area contributed by atoms with Gasteiger partial charge in [0, 0.05) is 24.6 Å². The Labute approximate surface area is 150 Å². The van der Waals surface area contributed by atoms with Crippen molar-refractivity contribution in [2.75, 3.05) is 5.32 Å². The number of hydrogen-bond donors (Lipinski definition) is 3. The molecule has 1 atom stereocenters. The number of amides is 3. The number of carbonyl (C=O) groups excluding carboxylic acids is 3. The molecule has 26 heavy (non-hydrogen) atoms. The maximum atomic E-state index is 12.4. The number of nitrogens with zero attached hydrogens (tertiary/aromatic N) is 1. The molecule has 0 spiro atoms. The summed E-state index contributed by atoms with van der Waals surface area (Å²) in [6.07, 6.45) is 0.120. The van der Waals surface area contributed by atoms with Gasteiger partial charge in [0.15, 0.2) is 0 Å². The lowest BCUT2D eigenvalue weighted by Crippen LogP contribution is -2.46. The topological polar surface area (TPSA) is 125 Å². The van der Waals surface area contributed by atoms with Gasteiger partial charge in [-0.1, -0.05) is 18.2 Å². The van der Waals surface area contributed by atoms with E-state index in [9.17, 15) is 14.4 Å². The predicted octanol–water partition coefficient (Wildman–Crippen LogP) is 1.34. The molecule has 0 saturated carbocycles. The minimum absolute atomic E-state index is 0.120. The smallest absolute Gasteiger partial charge is 0.251 e. The van der Waals surface area contributed by atoms with Gasteiger partial charge in [-0.3, -0.25) is 14.4 Å². The third-order valence-electron chi connectivity index (χ3n) is 3.68. The van der Waals surface area contributed by atoms with Crippen molar-refractivity contribution < 1.29 is 14.4 Å². The Balaban J connectivity index is 2.12. The Morgan fingerprint density at radius 1 is 1.12 bits per heavy atom. The number of benzene rings is 2. The largest absolute Gasteiger partial charge is 0.368 e. The third-order valence-corrected chi connectivity index (χ3v) is 3.68. The number of nitrogens with one attached hydrogen (secondary N) is 2. The quantitative estimate of drug-likeness (QED) is 0.727. The van der Waals surface area contributed by atoms with E-state index in [0.717, 1.165) is 0 Å². The number of primary amides is 1. The first kappa shape index (κ1) is 18.7. The highest BCUT2D eigenvalue weighted by molar-refractivity contribution is 5.98. The average Bonchev–Trinajstić information content (AvgIpc) is 2.61. The van der Waals surface area contributed by atoms with Crippen molar-refractivity contribution in [3.8, 4) is 6.07 Å². The van der Waals surface area contributed by atoms with Crippen molar-refractivity contribution >= 4 is 23.4 Å². The molecule has 0 radical (unpaired) electrons. The van der Waals surface area contributed by atoms with Gasteiger partial charge in [-0.15, -0.1) is 0 Å². The van der Waals surface area contributed by atoms with Gasteiger partial charge in [0.2, 0.25) is 11.8 Å². The number of nitriles is 1. The fourth-order valence-corrected chi connectivity index (χ4v) is 2.40. The van der Waals surface area contributed by atoms with E-state index in [0.29, 0.717) is 22.4 Å². The van der Waals surface area contributed by atoms with E-state index in [4.69, 9.17) is 11.0 Å². The predicted molar refractivity (Wildman–Crippen MR) is 96.1 cm³/mol. The van der Waals surface area contributed by atoms with Crippen LogP contribution in [0.1, 0.15) is 28.4 Å². The lowest BCUT2D eigenvalue weighted by molar-refractivity contribution is -0.119. The minimum atomic E-state index is -0.952. The maximum absolute atomic E-state index is 12.4. The molecule has 0 aliphatic heterocycles. The van der Waals surface area contributed by atoms with E-state index in [-0.39, 0.29) is 12.3 Å². The number of carbonyl (C=O) groups is 3. The molecule has 2 rings (SSSR count). The summed E-state index contributed by atoms with van der Waals surface area (Å²) in [5, 5.41) is 14.3. The van der Waals surface area contributed by atoms with Crippen LogP contribution in [0.4, 0.5) is 5.69 Å². The van der Waals surface area contributed by atoms with Crippen LogP contribution >= 0.6 is 0 Å². The molecular weight excluding hydrogens is 332 g/mol. The van der Waals surface area contributed by atoms with Crippen LogP contribution in [0.5, 0.6) is 0 Å². The monoisotopic (exact) mass is 350 g/mol. The highest BCUT2D eigenvalue weighted by atomic mass is 16.2. The van der Waals surface area contributed by atoms with E-state index in [1.54, 1.807) is 36.4 Å². The van der Waals surface area contributed by atoms with Gasteiger partial charge in [0.25, 0.3) is 5.91 Å². The van der Waals surface area contributed by atoms with Crippen LogP contribution in [0.2, 0.25) is 0 Å². The van der Waals surface area contributed by atoms with Crippen molar-refractivity contribution in [1.29, 1.82) is 5.26 Å². The van der Waals surface area contributed by atoms with Crippen LogP contribution in [0.3, 0.4) is 0 Å². The van der Waals surface area contributed by atoms with Crippen LogP contribution in [-0.4, -0.2) is 23.8 Å². The molecule has 0 bridgehead atoms. The second-order valence-corrected chi connectivity index (χ2v) is 5.66. The molecule has 7 nitrogen and oxygen atoms in total. The molecule has 4 N–H and O–H groups in total. The summed E-state index contributed by atoms with van der Waals surface area (Å²) in [6, 6.07) is 14.1. The lowest BCUT2D eigenvalue weighted by Gasteiger charge is -2.16. The fraction of sp³-hybridized carbons (Fsp3) is 0.158. The van der Waals surface area contributed by atoms with Crippen molar-refractivity contribution in [3.05, 3.63) is 65.2 Å². The maximum Gasteiger partial charge on any atom is 0.251 e. The minimum Gasteiger partial charge on any atom is -0.368 e. The van der Waals surface area contributed by atoms with Gasteiger partial charge in [0.05, 0.1) is 11.6 Å². The molecule has 0 saturated heterocycles. The van der Waals surface area contributed by atoms with Gasteiger partial charge in [-0.2, -0.15) is 5.26 Å². The Kier molecular flexibility index (Phi) is 6.06. The molecule has 3 amide bonds. The third kappa shape index (κ3) is 4.92. The molecular formula is C19H18N4O3. The molecule has 0 aliphatic rings. The first-order chi connectivity index (χ1) is 12.4. The molecule has 0 heterocycles. The Morgan fingerprint density at radius 2 is 1.77 bits per heavy atom. The zero-order valence-corrected chi connectivity index (χ0v) is 14.2. The van der Waals surface area contributed by atoms with Crippen molar-refractivity contribution in [2.45, 2.75) is 19.4 Å². The molecule has 0 fully saturated rings. The molecule has 2 aromatic rings. The van der Waals surface area contributed by atoms with E-state index in [1.165, 1.54) is 19.1 Å². The van der Waals surface area contributed by atoms with Crippen LogP contribution in [0.15, 0.2) is 48.5 Å². The van der Waals surface area contributed by atoms with Gasteiger partial charge < -0.3 is 16.4 Å². The van der Waals surface area contributed by atoms with Crippen LogP contribution < -0.4 is 16.4 Å². The molecule has 0 unspecified atom stereocenters. The first-order valence-corrected chi connectivity index (χ1v) is 7.86. The lowest BCUT2D eigenvalue weighted by atomic mass is 10.00. The highest BCUT2D eigenvalue weighted by Crippen LogP contribution is 2.12. The zero-order chi connectivity index (χ0) is 19.1. The van der Waals surface area contributed by atoms with E-state index in [2.05, 4.69) is 10.6 Å². The van der Waals surface area contributed by atoms with Crippen molar-refractivity contribution in [3.63, 3.8) is 0 Å². The number of rotatable bonds is 6. The summed E-state index contributed by atoms with van der Waals surface area (Å²) in [7, 11) is 0. The SMILES string of the molecule is CC(=O)Nc1ccc(C(=O)N[C@H](Cc2ccccc2C#N)C(N)=O)cc1. The molecule has 7 heteroatoms. The standard InChI is InChI=1S/C19H18N4O3/c1-12(24)22-16-8-6-13(7-9-16)19(26)23-17(18(21)25)10-14-4-2-3-5-15(14)11-20/h2-9,17H,10H2,1H3,(H2,21,25)(H,22,24)(H,23,26)/t17-/m1/s1. The van der Waals surface area contributed by atoms with E-state index < -0.39 is 17.9 Å². The van der Waals surface area contributed by atoms with Gasteiger partial charge >= 0.3 is 0 Å². The molecule has 2 aromatic carbocycles. The molecule has 0 aliphatic carbocycles. The van der Waals surface area contributed by atoms with Gasteiger partial charge in [-0.05, 0) is 35.9 Å². The summed E-state index contributed by atoms with van der Waals surface area (Å²) < 4.78 is 0. The Morgan fingerprint density at radius 3 is 2.35 bits per heavy atom. The number of anilines is 1. The number of nitrogens with two attached hydrogens (primary N) is 1. The Bertz CT molecular complexity index is 869. The summed E-state index contributed by atoms with van der Waals surface area (Å²) in [4.78, 5) is 35.1.